The first kappa shape index (κ1) is 14.4. The van der Waals surface area contributed by atoms with Gasteiger partial charge in [0.25, 0.3) is 0 Å². The van der Waals surface area contributed by atoms with Crippen molar-refractivity contribution in [2.75, 3.05) is 6.61 Å². The normalized spacial score (nSPS) is 17.3. The molecule has 0 bridgehead atoms. The second kappa shape index (κ2) is 5.34. The third-order valence-electron chi connectivity index (χ3n) is 3.59. The number of aromatic nitrogens is 1. The summed E-state index contributed by atoms with van der Waals surface area (Å²) in [6.45, 7) is 0.374. The van der Waals surface area contributed by atoms with Crippen molar-refractivity contribution in [1.82, 2.24) is 4.98 Å². The van der Waals surface area contributed by atoms with Gasteiger partial charge in [0.15, 0.2) is 0 Å². The maximum absolute atomic E-state index is 12.8. The Bertz CT molecular complexity index is 750. The SMILES string of the molecule is N#CC1CCOc2c(-c3ccnc(C(F)(F)F)c3)cccc21. The highest BCUT2D eigenvalue weighted by molar-refractivity contribution is 5.73. The van der Waals surface area contributed by atoms with Crippen LogP contribution >= 0.6 is 0 Å². The lowest BCUT2D eigenvalue weighted by molar-refractivity contribution is -0.141. The van der Waals surface area contributed by atoms with Crippen LogP contribution in [0.5, 0.6) is 5.75 Å². The van der Waals surface area contributed by atoms with E-state index in [2.05, 4.69) is 11.1 Å². The highest BCUT2D eigenvalue weighted by Gasteiger charge is 2.33. The first-order valence-corrected chi connectivity index (χ1v) is 6.69. The van der Waals surface area contributed by atoms with Crippen molar-refractivity contribution >= 4 is 0 Å². The van der Waals surface area contributed by atoms with Crippen molar-refractivity contribution < 1.29 is 17.9 Å². The molecule has 1 unspecified atom stereocenters. The maximum Gasteiger partial charge on any atom is 0.433 e. The second-order valence-electron chi connectivity index (χ2n) is 4.97. The van der Waals surface area contributed by atoms with Gasteiger partial charge in [0.05, 0.1) is 18.6 Å². The monoisotopic (exact) mass is 304 g/mol. The number of benzene rings is 1. The zero-order chi connectivity index (χ0) is 15.7. The molecule has 112 valence electrons. The number of nitrogens with zero attached hydrogens (tertiary/aromatic N) is 2. The molecule has 3 nitrogen and oxygen atoms in total. The van der Waals surface area contributed by atoms with E-state index in [1.54, 1.807) is 18.2 Å². The predicted molar refractivity (Wildman–Crippen MR) is 73.1 cm³/mol. The van der Waals surface area contributed by atoms with E-state index in [0.29, 0.717) is 29.9 Å². The first-order valence-electron chi connectivity index (χ1n) is 6.69. The molecule has 3 rings (SSSR count). The van der Waals surface area contributed by atoms with Crippen molar-refractivity contribution in [2.24, 2.45) is 0 Å². The molecule has 0 aliphatic carbocycles. The van der Waals surface area contributed by atoms with Gasteiger partial charge in [0, 0.05) is 23.7 Å². The number of nitriles is 1. The number of para-hydroxylation sites is 1. The molecule has 1 atom stereocenters. The van der Waals surface area contributed by atoms with Crippen LogP contribution in [0.4, 0.5) is 13.2 Å². The largest absolute Gasteiger partial charge is 0.493 e. The summed E-state index contributed by atoms with van der Waals surface area (Å²) in [6, 6.07) is 9.89. The van der Waals surface area contributed by atoms with Gasteiger partial charge < -0.3 is 4.74 Å². The maximum atomic E-state index is 12.8. The van der Waals surface area contributed by atoms with Crippen LogP contribution in [0, 0.1) is 11.3 Å². The summed E-state index contributed by atoms with van der Waals surface area (Å²) in [7, 11) is 0. The predicted octanol–water partition coefficient (Wildman–Crippen LogP) is 4.16. The number of rotatable bonds is 1. The molecule has 0 amide bonds. The summed E-state index contributed by atoms with van der Waals surface area (Å²) < 4.78 is 44.0. The lowest BCUT2D eigenvalue weighted by Gasteiger charge is -2.24. The lowest BCUT2D eigenvalue weighted by Crippen LogP contribution is -2.14. The summed E-state index contributed by atoms with van der Waals surface area (Å²) in [5, 5.41) is 9.19. The topological polar surface area (TPSA) is 45.9 Å². The van der Waals surface area contributed by atoms with Crippen LogP contribution in [0.2, 0.25) is 0 Å². The molecule has 0 saturated heterocycles. The van der Waals surface area contributed by atoms with E-state index in [0.717, 1.165) is 17.8 Å². The van der Waals surface area contributed by atoms with Crippen molar-refractivity contribution in [3.8, 4) is 22.9 Å². The van der Waals surface area contributed by atoms with Crippen molar-refractivity contribution in [3.63, 3.8) is 0 Å². The Morgan fingerprint density at radius 3 is 2.82 bits per heavy atom. The molecule has 0 radical (unpaired) electrons. The highest BCUT2D eigenvalue weighted by Crippen LogP contribution is 2.41. The smallest absolute Gasteiger partial charge is 0.433 e. The van der Waals surface area contributed by atoms with E-state index in [1.807, 2.05) is 0 Å². The van der Waals surface area contributed by atoms with Crippen molar-refractivity contribution in [3.05, 3.63) is 47.8 Å². The molecule has 6 heteroatoms. The first-order chi connectivity index (χ1) is 10.5. The van der Waals surface area contributed by atoms with Crippen LogP contribution in [-0.4, -0.2) is 11.6 Å². The molecule has 1 aromatic carbocycles. The van der Waals surface area contributed by atoms with Gasteiger partial charge in [0.2, 0.25) is 0 Å². The van der Waals surface area contributed by atoms with Crippen LogP contribution in [0.3, 0.4) is 0 Å². The van der Waals surface area contributed by atoms with Gasteiger partial charge in [-0.3, -0.25) is 4.98 Å². The number of ether oxygens (including phenoxy) is 1. The van der Waals surface area contributed by atoms with E-state index >= 15 is 0 Å². The molecule has 1 aromatic heterocycles. The molecule has 0 fully saturated rings. The highest BCUT2D eigenvalue weighted by atomic mass is 19.4. The average molecular weight is 304 g/mol. The summed E-state index contributed by atoms with van der Waals surface area (Å²) in [4.78, 5) is 3.36. The summed E-state index contributed by atoms with van der Waals surface area (Å²) >= 11 is 0. The van der Waals surface area contributed by atoms with Gasteiger partial charge in [-0.1, -0.05) is 18.2 Å². The number of pyridine rings is 1. The summed E-state index contributed by atoms with van der Waals surface area (Å²) in [5.74, 6) is 0.187. The van der Waals surface area contributed by atoms with Gasteiger partial charge >= 0.3 is 6.18 Å². The Hall–Kier alpha value is -2.55. The minimum Gasteiger partial charge on any atom is -0.493 e. The standard InChI is InChI=1S/C16H11F3N2O/c17-16(18,19)14-8-10(4-6-21-14)12-2-1-3-13-11(9-20)5-7-22-15(12)13/h1-4,6,8,11H,5,7H2. The third-order valence-corrected chi connectivity index (χ3v) is 3.59. The number of halogens is 3. The van der Waals surface area contributed by atoms with Gasteiger partial charge in [0.1, 0.15) is 11.4 Å². The minimum absolute atomic E-state index is 0.298. The number of hydrogen-bond acceptors (Lipinski definition) is 3. The summed E-state index contributed by atoms with van der Waals surface area (Å²) in [6.07, 6.45) is -2.79. The Balaban J connectivity index is 2.13. The van der Waals surface area contributed by atoms with Gasteiger partial charge in [-0.25, -0.2) is 0 Å². The second-order valence-corrected chi connectivity index (χ2v) is 4.97. The Morgan fingerprint density at radius 2 is 2.09 bits per heavy atom. The molecule has 2 heterocycles. The van der Waals surface area contributed by atoms with Gasteiger partial charge in [-0.2, -0.15) is 18.4 Å². The molecule has 1 aliphatic heterocycles. The summed E-state index contributed by atoms with van der Waals surface area (Å²) in [5.41, 5.74) is 0.690. The number of hydrogen-bond donors (Lipinski definition) is 0. The lowest BCUT2D eigenvalue weighted by atomic mass is 9.90. The van der Waals surface area contributed by atoms with E-state index in [1.165, 1.54) is 6.07 Å². The number of fused-ring (bicyclic) bond motifs is 1. The van der Waals surface area contributed by atoms with Crippen molar-refractivity contribution in [1.29, 1.82) is 5.26 Å². The molecular weight excluding hydrogens is 293 g/mol. The third kappa shape index (κ3) is 2.50. The molecule has 1 aliphatic rings. The molecular formula is C16H11F3N2O. The van der Waals surface area contributed by atoms with Crippen LogP contribution in [-0.2, 0) is 6.18 Å². The number of alkyl halides is 3. The van der Waals surface area contributed by atoms with Gasteiger partial charge in [-0.15, -0.1) is 0 Å². The van der Waals surface area contributed by atoms with E-state index in [-0.39, 0.29) is 5.92 Å². The zero-order valence-corrected chi connectivity index (χ0v) is 11.4. The Labute approximate surface area is 125 Å². The zero-order valence-electron chi connectivity index (χ0n) is 11.4. The minimum atomic E-state index is -4.50. The Morgan fingerprint density at radius 1 is 1.27 bits per heavy atom. The molecule has 22 heavy (non-hydrogen) atoms. The van der Waals surface area contributed by atoms with Crippen molar-refractivity contribution in [2.45, 2.75) is 18.5 Å². The van der Waals surface area contributed by atoms with Crippen LogP contribution in [0.15, 0.2) is 36.5 Å². The van der Waals surface area contributed by atoms with Crippen LogP contribution in [0.25, 0.3) is 11.1 Å². The molecule has 0 spiro atoms. The molecule has 0 N–H and O–H groups in total. The fraction of sp³-hybridized carbons (Fsp3) is 0.250. The van der Waals surface area contributed by atoms with E-state index in [4.69, 9.17) is 4.74 Å². The quantitative estimate of drug-likeness (QED) is 0.795. The van der Waals surface area contributed by atoms with Crippen LogP contribution in [0.1, 0.15) is 23.6 Å². The van der Waals surface area contributed by atoms with Crippen LogP contribution < -0.4 is 4.74 Å². The Kier molecular flexibility index (Phi) is 3.49. The fourth-order valence-corrected chi connectivity index (χ4v) is 2.54. The average Bonchev–Trinajstić information content (AvgIpc) is 2.53. The van der Waals surface area contributed by atoms with E-state index < -0.39 is 11.9 Å². The molecule has 0 saturated carbocycles. The van der Waals surface area contributed by atoms with E-state index in [9.17, 15) is 18.4 Å². The van der Waals surface area contributed by atoms with Gasteiger partial charge in [-0.05, 0) is 17.7 Å². The fourth-order valence-electron chi connectivity index (χ4n) is 2.54. The molecule has 2 aromatic rings.